The molecule has 3 aromatic carbocycles. The molecule has 0 radical (unpaired) electrons. The van der Waals surface area contributed by atoms with Crippen LogP contribution in [0.4, 0.5) is 0 Å². The van der Waals surface area contributed by atoms with E-state index in [4.69, 9.17) is 9.47 Å². The molecule has 0 aliphatic rings. The summed E-state index contributed by atoms with van der Waals surface area (Å²) in [6.45, 7) is 2.16. The van der Waals surface area contributed by atoms with Crippen molar-refractivity contribution in [2.24, 2.45) is 0 Å². The third kappa shape index (κ3) is 2.93. The number of fused-ring (bicyclic) bond motifs is 1. The summed E-state index contributed by atoms with van der Waals surface area (Å²) in [4.78, 5) is 11.6. The first-order valence-corrected chi connectivity index (χ1v) is 7.21. The maximum absolute atomic E-state index is 11.6. The average Bonchev–Trinajstić information content (AvgIpc) is 2.56. The van der Waals surface area contributed by atoms with Crippen molar-refractivity contribution in [1.82, 2.24) is 0 Å². The molecule has 0 unspecified atom stereocenters. The molecular formula is C19H16O3. The molecule has 0 aliphatic heterocycles. The predicted molar refractivity (Wildman–Crippen MR) is 86.4 cm³/mol. The lowest BCUT2D eigenvalue weighted by atomic mass is 10.1. The van der Waals surface area contributed by atoms with Gasteiger partial charge < -0.3 is 9.47 Å². The number of hydrogen-bond acceptors (Lipinski definition) is 3. The number of ether oxygens (including phenoxy) is 2. The Morgan fingerprint density at radius 1 is 0.909 bits per heavy atom. The fourth-order valence-corrected chi connectivity index (χ4v) is 2.29. The number of benzene rings is 3. The van der Waals surface area contributed by atoms with Crippen LogP contribution in [0.2, 0.25) is 0 Å². The average molecular weight is 292 g/mol. The second-order valence-electron chi connectivity index (χ2n) is 4.82. The molecule has 0 N–H and O–H groups in total. The zero-order valence-electron chi connectivity index (χ0n) is 12.3. The zero-order valence-corrected chi connectivity index (χ0v) is 12.3. The lowest BCUT2D eigenvalue weighted by molar-refractivity contribution is 0.0526. The molecule has 3 aromatic rings. The SMILES string of the molecule is CCOC(=O)c1ccc(Oc2cccc3ccccc23)cc1. The molecule has 110 valence electrons. The maximum Gasteiger partial charge on any atom is 0.338 e. The summed E-state index contributed by atoms with van der Waals surface area (Å²) in [5, 5.41) is 2.18. The molecule has 0 fully saturated rings. The van der Waals surface area contributed by atoms with Gasteiger partial charge >= 0.3 is 5.97 Å². The first kappa shape index (κ1) is 14.1. The fourth-order valence-electron chi connectivity index (χ4n) is 2.29. The molecule has 0 aliphatic carbocycles. The standard InChI is InChI=1S/C19H16O3/c1-2-21-19(20)15-10-12-16(13-11-15)22-18-9-5-7-14-6-3-4-8-17(14)18/h3-13H,2H2,1H3. The van der Waals surface area contributed by atoms with Gasteiger partial charge in [-0.15, -0.1) is 0 Å². The number of hydrogen-bond donors (Lipinski definition) is 0. The van der Waals surface area contributed by atoms with Gasteiger partial charge in [-0.1, -0.05) is 36.4 Å². The molecule has 0 saturated heterocycles. The van der Waals surface area contributed by atoms with Gasteiger partial charge in [0.1, 0.15) is 11.5 Å². The molecule has 0 heterocycles. The Kier molecular flexibility index (Phi) is 4.05. The summed E-state index contributed by atoms with van der Waals surface area (Å²) in [6, 6.07) is 21.0. The van der Waals surface area contributed by atoms with Crippen molar-refractivity contribution in [2.75, 3.05) is 6.61 Å². The van der Waals surface area contributed by atoms with Crippen molar-refractivity contribution < 1.29 is 14.3 Å². The second kappa shape index (κ2) is 6.31. The maximum atomic E-state index is 11.6. The van der Waals surface area contributed by atoms with Crippen molar-refractivity contribution in [2.45, 2.75) is 6.92 Å². The lowest BCUT2D eigenvalue weighted by Gasteiger charge is -2.09. The van der Waals surface area contributed by atoms with E-state index in [-0.39, 0.29) is 5.97 Å². The molecule has 22 heavy (non-hydrogen) atoms. The van der Waals surface area contributed by atoms with Gasteiger partial charge in [0, 0.05) is 5.39 Å². The fraction of sp³-hybridized carbons (Fsp3) is 0.105. The van der Waals surface area contributed by atoms with Crippen LogP contribution in [0.1, 0.15) is 17.3 Å². The topological polar surface area (TPSA) is 35.5 Å². The Hall–Kier alpha value is -2.81. The first-order chi connectivity index (χ1) is 10.8. The molecule has 0 spiro atoms. The monoisotopic (exact) mass is 292 g/mol. The number of carbonyl (C=O) groups excluding carboxylic acids is 1. The lowest BCUT2D eigenvalue weighted by Crippen LogP contribution is -2.03. The van der Waals surface area contributed by atoms with Crippen LogP contribution in [0.5, 0.6) is 11.5 Å². The van der Waals surface area contributed by atoms with Crippen LogP contribution in [0.25, 0.3) is 10.8 Å². The van der Waals surface area contributed by atoms with Crippen molar-refractivity contribution in [1.29, 1.82) is 0 Å². The van der Waals surface area contributed by atoms with E-state index in [2.05, 4.69) is 0 Å². The highest BCUT2D eigenvalue weighted by Gasteiger charge is 2.07. The summed E-state index contributed by atoms with van der Waals surface area (Å²) >= 11 is 0. The molecule has 0 saturated carbocycles. The van der Waals surface area contributed by atoms with E-state index in [1.54, 1.807) is 31.2 Å². The highest BCUT2D eigenvalue weighted by Crippen LogP contribution is 2.29. The molecule has 3 nitrogen and oxygen atoms in total. The van der Waals surface area contributed by atoms with Crippen LogP contribution in [0, 0.1) is 0 Å². The minimum Gasteiger partial charge on any atom is -0.462 e. The Labute approximate surface area is 129 Å². The van der Waals surface area contributed by atoms with Gasteiger partial charge in [-0.3, -0.25) is 0 Å². The van der Waals surface area contributed by atoms with Crippen LogP contribution in [0.15, 0.2) is 66.7 Å². The molecule has 3 rings (SSSR count). The third-order valence-electron chi connectivity index (χ3n) is 3.34. The number of rotatable bonds is 4. The van der Waals surface area contributed by atoms with Crippen molar-refractivity contribution in [3.05, 3.63) is 72.3 Å². The van der Waals surface area contributed by atoms with Crippen molar-refractivity contribution in [3.8, 4) is 11.5 Å². The van der Waals surface area contributed by atoms with Crippen LogP contribution < -0.4 is 4.74 Å². The summed E-state index contributed by atoms with van der Waals surface area (Å²) < 4.78 is 10.9. The quantitative estimate of drug-likeness (QED) is 0.647. The van der Waals surface area contributed by atoms with Crippen LogP contribution in [-0.4, -0.2) is 12.6 Å². The van der Waals surface area contributed by atoms with E-state index in [1.807, 2.05) is 42.5 Å². The van der Waals surface area contributed by atoms with Gasteiger partial charge in [0.2, 0.25) is 0 Å². The predicted octanol–water partition coefficient (Wildman–Crippen LogP) is 4.81. The van der Waals surface area contributed by atoms with Gasteiger partial charge in [-0.25, -0.2) is 4.79 Å². The van der Waals surface area contributed by atoms with E-state index < -0.39 is 0 Å². The van der Waals surface area contributed by atoms with Gasteiger partial charge in [-0.05, 0) is 42.6 Å². The summed E-state index contributed by atoms with van der Waals surface area (Å²) in [6.07, 6.45) is 0. The molecule has 0 aromatic heterocycles. The van der Waals surface area contributed by atoms with Crippen molar-refractivity contribution in [3.63, 3.8) is 0 Å². The molecular weight excluding hydrogens is 276 g/mol. The van der Waals surface area contributed by atoms with Crippen LogP contribution >= 0.6 is 0 Å². The third-order valence-corrected chi connectivity index (χ3v) is 3.34. The van der Waals surface area contributed by atoms with Gasteiger partial charge in [0.05, 0.1) is 12.2 Å². The molecule has 0 atom stereocenters. The normalized spacial score (nSPS) is 10.4. The van der Waals surface area contributed by atoms with E-state index >= 15 is 0 Å². The molecule has 0 amide bonds. The van der Waals surface area contributed by atoms with E-state index in [0.717, 1.165) is 16.5 Å². The van der Waals surface area contributed by atoms with E-state index in [9.17, 15) is 4.79 Å². The second-order valence-corrected chi connectivity index (χ2v) is 4.82. The summed E-state index contributed by atoms with van der Waals surface area (Å²) in [7, 11) is 0. The van der Waals surface area contributed by atoms with E-state index in [1.165, 1.54) is 0 Å². The van der Waals surface area contributed by atoms with Crippen molar-refractivity contribution >= 4 is 16.7 Å². The van der Waals surface area contributed by atoms with Crippen LogP contribution in [0.3, 0.4) is 0 Å². The Morgan fingerprint density at radius 3 is 2.41 bits per heavy atom. The van der Waals surface area contributed by atoms with Gasteiger partial charge in [0.25, 0.3) is 0 Å². The van der Waals surface area contributed by atoms with Gasteiger partial charge in [-0.2, -0.15) is 0 Å². The van der Waals surface area contributed by atoms with Crippen LogP contribution in [-0.2, 0) is 4.74 Å². The zero-order chi connectivity index (χ0) is 15.4. The summed E-state index contributed by atoms with van der Waals surface area (Å²) in [5.41, 5.74) is 0.520. The van der Waals surface area contributed by atoms with Gasteiger partial charge in [0.15, 0.2) is 0 Å². The Balaban J connectivity index is 1.85. The Bertz CT molecular complexity index is 786. The molecule has 0 bridgehead atoms. The van der Waals surface area contributed by atoms with E-state index in [0.29, 0.717) is 17.9 Å². The number of carbonyl (C=O) groups is 1. The highest BCUT2D eigenvalue weighted by atomic mass is 16.5. The minimum atomic E-state index is -0.320. The Morgan fingerprint density at radius 2 is 1.64 bits per heavy atom. The highest BCUT2D eigenvalue weighted by molar-refractivity contribution is 5.90. The largest absolute Gasteiger partial charge is 0.462 e. The molecule has 3 heteroatoms. The smallest absolute Gasteiger partial charge is 0.338 e. The summed E-state index contributed by atoms with van der Waals surface area (Å²) in [5.74, 6) is 1.16. The number of esters is 1. The minimum absolute atomic E-state index is 0.320. The first-order valence-electron chi connectivity index (χ1n) is 7.21.